The molecule has 1 atom stereocenters. The van der Waals surface area contributed by atoms with Crippen LogP contribution in [0.5, 0.6) is 5.75 Å². The molecule has 160 valence electrons. The normalized spacial score (nSPS) is 17.0. The Morgan fingerprint density at radius 3 is 2.46 bits per heavy atom. The molecule has 0 saturated carbocycles. The fourth-order valence-corrected chi connectivity index (χ4v) is 3.46. The number of nitrogens with one attached hydrogen (secondary N) is 2. The minimum Gasteiger partial charge on any atom is -0.496 e. The molecule has 1 aliphatic heterocycles. The van der Waals surface area contributed by atoms with Crippen molar-refractivity contribution in [3.05, 3.63) is 29.3 Å². The van der Waals surface area contributed by atoms with Crippen LogP contribution in [0.15, 0.2) is 23.2 Å². The second-order valence-corrected chi connectivity index (χ2v) is 7.46. The minimum atomic E-state index is 0. The van der Waals surface area contributed by atoms with Crippen molar-refractivity contribution in [3.8, 4) is 5.75 Å². The number of nitrogens with zero attached hydrogens (tertiary/aromatic N) is 3. The number of rotatable bonds is 8. The summed E-state index contributed by atoms with van der Waals surface area (Å²) in [5, 5.41) is 6.85. The van der Waals surface area contributed by atoms with Crippen LogP contribution in [0.3, 0.4) is 0 Å². The molecule has 2 rings (SSSR count). The van der Waals surface area contributed by atoms with Crippen molar-refractivity contribution in [2.24, 2.45) is 10.9 Å². The standard InChI is InChI=1S/C21H37N5O.HI/c1-6-25-9-11-26(12-10-25)16-18(3)14-23-21(22-4)24-15-19-8-7-17(2)13-20(19)27-5;/h7-8,13,18H,6,9-12,14-16H2,1-5H3,(H2,22,23,24);1H. The number of piperazine rings is 1. The first-order valence-electron chi connectivity index (χ1n) is 10.1. The summed E-state index contributed by atoms with van der Waals surface area (Å²) in [6.45, 7) is 15.3. The zero-order valence-corrected chi connectivity index (χ0v) is 20.5. The van der Waals surface area contributed by atoms with Gasteiger partial charge in [0.05, 0.1) is 7.11 Å². The van der Waals surface area contributed by atoms with Crippen LogP contribution in [0.2, 0.25) is 0 Å². The first kappa shape index (κ1) is 25.0. The van der Waals surface area contributed by atoms with E-state index in [1.807, 2.05) is 7.05 Å². The van der Waals surface area contributed by atoms with Crippen LogP contribution < -0.4 is 15.4 Å². The maximum Gasteiger partial charge on any atom is 0.191 e. The number of hydrogen-bond donors (Lipinski definition) is 2. The van der Waals surface area contributed by atoms with Gasteiger partial charge in [-0.1, -0.05) is 26.0 Å². The van der Waals surface area contributed by atoms with Crippen molar-refractivity contribution in [3.63, 3.8) is 0 Å². The smallest absolute Gasteiger partial charge is 0.191 e. The molecule has 6 nitrogen and oxygen atoms in total. The number of ether oxygens (including phenoxy) is 1. The van der Waals surface area contributed by atoms with E-state index in [4.69, 9.17) is 4.74 Å². The van der Waals surface area contributed by atoms with E-state index >= 15 is 0 Å². The summed E-state index contributed by atoms with van der Waals surface area (Å²) in [5.74, 6) is 2.32. The van der Waals surface area contributed by atoms with Gasteiger partial charge in [0.25, 0.3) is 0 Å². The summed E-state index contributed by atoms with van der Waals surface area (Å²) >= 11 is 0. The highest BCUT2D eigenvalue weighted by molar-refractivity contribution is 14.0. The lowest BCUT2D eigenvalue weighted by molar-refractivity contribution is 0.124. The van der Waals surface area contributed by atoms with Gasteiger partial charge in [0, 0.05) is 58.4 Å². The van der Waals surface area contributed by atoms with Crippen LogP contribution in [-0.4, -0.2) is 75.7 Å². The number of methoxy groups -OCH3 is 1. The summed E-state index contributed by atoms with van der Waals surface area (Å²) < 4.78 is 5.48. The molecule has 0 bridgehead atoms. The lowest BCUT2D eigenvalue weighted by atomic mass is 10.1. The molecule has 1 fully saturated rings. The van der Waals surface area contributed by atoms with Gasteiger partial charge in [-0.25, -0.2) is 0 Å². The lowest BCUT2D eigenvalue weighted by Gasteiger charge is -2.35. The second-order valence-electron chi connectivity index (χ2n) is 7.46. The summed E-state index contributed by atoms with van der Waals surface area (Å²) in [5.41, 5.74) is 2.33. The third-order valence-corrected chi connectivity index (χ3v) is 5.21. The number of aryl methyl sites for hydroxylation is 1. The van der Waals surface area contributed by atoms with Crippen molar-refractivity contribution in [1.29, 1.82) is 0 Å². The first-order chi connectivity index (χ1) is 13.0. The summed E-state index contributed by atoms with van der Waals surface area (Å²) in [4.78, 5) is 9.44. The summed E-state index contributed by atoms with van der Waals surface area (Å²) in [6.07, 6.45) is 0. The van der Waals surface area contributed by atoms with E-state index in [0.717, 1.165) is 30.4 Å². The molecule has 2 N–H and O–H groups in total. The van der Waals surface area contributed by atoms with E-state index in [2.05, 4.69) is 64.4 Å². The summed E-state index contributed by atoms with van der Waals surface area (Å²) in [7, 11) is 3.53. The fraction of sp³-hybridized carbons (Fsp3) is 0.667. The van der Waals surface area contributed by atoms with Gasteiger partial charge in [0.15, 0.2) is 5.96 Å². The maximum absolute atomic E-state index is 5.48. The van der Waals surface area contributed by atoms with Crippen LogP contribution >= 0.6 is 24.0 Å². The van der Waals surface area contributed by atoms with E-state index < -0.39 is 0 Å². The van der Waals surface area contributed by atoms with Gasteiger partial charge in [-0.3, -0.25) is 4.99 Å². The third kappa shape index (κ3) is 8.13. The van der Waals surface area contributed by atoms with E-state index in [9.17, 15) is 0 Å². The monoisotopic (exact) mass is 503 g/mol. The number of aliphatic imine (C=N–C) groups is 1. The Hall–Kier alpha value is -1.06. The van der Waals surface area contributed by atoms with Gasteiger partial charge >= 0.3 is 0 Å². The third-order valence-electron chi connectivity index (χ3n) is 5.21. The highest BCUT2D eigenvalue weighted by Gasteiger charge is 2.17. The predicted molar refractivity (Wildman–Crippen MR) is 129 cm³/mol. The van der Waals surface area contributed by atoms with Gasteiger partial charge in [0.1, 0.15) is 5.75 Å². The highest BCUT2D eigenvalue weighted by atomic mass is 127. The number of halogens is 1. The van der Waals surface area contributed by atoms with Gasteiger partial charge in [-0.2, -0.15) is 0 Å². The Bertz CT molecular complexity index is 602. The van der Waals surface area contributed by atoms with Crippen LogP contribution in [0.4, 0.5) is 0 Å². The van der Waals surface area contributed by atoms with Gasteiger partial charge in [-0.15, -0.1) is 24.0 Å². The zero-order valence-electron chi connectivity index (χ0n) is 18.1. The van der Waals surface area contributed by atoms with E-state index in [1.165, 1.54) is 38.3 Å². The van der Waals surface area contributed by atoms with Crippen LogP contribution in [-0.2, 0) is 6.54 Å². The maximum atomic E-state index is 5.48. The molecule has 1 unspecified atom stereocenters. The lowest BCUT2D eigenvalue weighted by Crippen LogP contribution is -2.48. The molecule has 1 heterocycles. The molecule has 28 heavy (non-hydrogen) atoms. The highest BCUT2D eigenvalue weighted by Crippen LogP contribution is 2.19. The Morgan fingerprint density at radius 1 is 1.18 bits per heavy atom. The molecule has 0 aliphatic carbocycles. The Kier molecular flexibility index (Phi) is 11.8. The van der Waals surface area contributed by atoms with Crippen molar-refractivity contribution in [1.82, 2.24) is 20.4 Å². The molecule has 0 amide bonds. The van der Waals surface area contributed by atoms with Gasteiger partial charge in [-0.05, 0) is 31.0 Å². The van der Waals surface area contributed by atoms with E-state index in [1.54, 1.807) is 7.11 Å². The first-order valence-corrected chi connectivity index (χ1v) is 10.1. The quantitative estimate of drug-likeness (QED) is 0.325. The van der Waals surface area contributed by atoms with Gasteiger partial charge < -0.3 is 25.2 Å². The Labute approximate surface area is 188 Å². The molecule has 0 aromatic heterocycles. The topological polar surface area (TPSA) is 52.1 Å². The predicted octanol–water partition coefficient (Wildman–Crippen LogP) is 2.56. The number of guanidine groups is 1. The van der Waals surface area contributed by atoms with Crippen molar-refractivity contribution in [2.75, 3.05) is 60.0 Å². The van der Waals surface area contributed by atoms with E-state index in [0.29, 0.717) is 12.5 Å². The van der Waals surface area contributed by atoms with Crippen molar-refractivity contribution >= 4 is 29.9 Å². The Balaban J connectivity index is 0.00000392. The zero-order chi connectivity index (χ0) is 19.6. The number of hydrogen-bond acceptors (Lipinski definition) is 4. The largest absolute Gasteiger partial charge is 0.496 e. The number of likely N-dealkylation sites (N-methyl/N-ethyl adjacent to an activating group) is 1. The molecule has 0 radical (unpaired) electrons. The minimum absolute atomic E-state index is 0. The average Bonchev–Trinajstić information content (AvgIpc) is 2.69. The van der Waals surface area contributed by atoms with Crippen molar-refractivity contribution < 1.29 is 4.74 Å². The van der Waals surface area contributed by atoms with Gasteiger partial charge in [0.2, 0.25) is 0 Å². The molecule has 1 saturated heterocycles. The van der Waals surface area contributed by atoms with E-state index in [-0.39, 0.29) is 24.0 Å². The molecule has 1 aromatic rings. The molecule has 1 aliphatic rings. The Morgan fingerprint density at radius 2 is 1.86 bits per heavy atom. The van der Waals surface area contributed by atoms with Crippen LogP contribution in [0, 0.1) is 12.8 Å². The molecular formula is C21H38IN5O. The fourth-order valence-electron chi connectivity index (χ4n) is 3.46. The molecule has 1 aromatic carbocycles. The molecular weight excluding hydrogens is 465 g/mol. The summed E-state index contributed by atoms with van der Waals surface area (Å²) in [6, 6.07) is 6.27. The second kappa shape index (κ2) is 13.2. The molecule has 0 spiro atoms. The van der Waals surface area contributed by atoms with Crippen LogP contribution in [0.1, 0.15) is 25.0 Å². The van der Waals surface area contributed by atoms with Crippen LogP contribution in [0.25, 0.3) is 0 Å². The van der Waals surface area contributed by atoms with Crippen molar-refractivity contribution in [2.45, 2.75) is 27.3 Å². The average molecular weight is 503 g/mol. The number of benzene rings is 1. The molecule has 7 heteroatoms. The SMILES string of the molecule is CCN1CCN(CC(C)CNC(=NC)NCc2ccc(C)cc2OC)CC1.I.